The minimum absolute atomic E-state index is 0.598. The first kappa shape index (κ1) is 15.0. The summed E-state index contributed by atoms with van der Waals surface area (Å²) in [6, 6.07) is 0. The molecule has 1 atom stereocenters. The van der Waals surface area contributed by atoms with E-state index in [1.54, 1.807) is 0 Å². The van der Waals surface area contributed by atoms with E-state index in [9.17, 15) is 0 Å². The molecule has 0 fully saturated rings. The Hall–Kier alpha value is -1.04. The molecular weight excluding hydrogens is 192 g/mol. The summed E-state index contributed by atoms with van der Waals surface area (Å²) < 4.78 is 0. The number of unbranched alkanes of at least 4 members (excludes halogenated alkanes) is 1. The summed E-state index contributed by atoms with van der Waals surface area (Å²) in [5.41, 5.74) is 2.84. The van der Waals surface area contributed by atoms with Crippen LogP contribution in [-0.2, 0) is 0 Å². The Morgan fingerprint density at radius 2 is 1.75 bits per heavy atom. The van der Waals surface area contributed by atoms with Crippen LogP contribution in [0.3, 0.4) is 0 Å². The van der Waals surface area contributed by atoms with E-state index >= 15 is 0 Å². The molecule has 90 valence electrons. The normalized spacial score (nSPS) is 14.7. The van der Waals surface area contributed by atoms with Crippen molar-refractivity contribution < 1.29 is 0 Å². The number of hydrogen-bond acceptors (Lipinski definition) is 0. The van der Waals surface area contributed by atoms with Gasteiger partial charge in [0.2, 0.25) is 0 Å². The fourth-order valence-electron chi connectivity index (χ4n) is 1.77. The van der Waals surface area contributed by atoms with E-state index in [4.69, 9.17) is 0 Å². The van der Waals surface area contributed by atoms with Crippen LogP contribution in [0, 0.1) is 5.92 Å². The Labute approximate surface area is 101 Å². The van der Waals surface area contributed by atoms with E-state index in [0.29, 0.717) is 5.92 Å². The van der Waals surface area contributed by atoms with Crippen molar-refractivity contribution in [2.75, 3.05) is 0 Å². The SMILES string of the molecule is C=C/C=C(CCCC)/C(=C/C=C)[C@H](C)CC. The van der Waals surface area contributed by atoms with Gasteiger partial charge in [0.25, 0.3) is 0 Å². The summed E-state index contributed by atoms with van der Waals surface area (Å²) in [4.78, 5) is 0. The van der Waals surface area contributed by atoms with Gasteiger partial charge in [-0.25, -0.2) is 0 Å². The van der Waals surface area contributed by atoms with E-state index in [1.165, 1.54) is 30.4 Å². The van der Waals surface area contributed by atoms with Crippen molar-refractivity contribution in [3.8, 4) is 0 Å². The van der Waals surface area contributed by atoms with E-state index in [2.05, 4.69) is 46.1 Å². The van der Waals surface area contributed by atoms with E-state index < -0.39 is 0 Å². The fourth-order valence-corrected chi connectivity index (χ4v) is 1.77. The minimum Gasteiger partial charge on any atom is -0.0991 e. The first-order valence-corrected chi connectivity index (χ1v) is 6.35. The standard InChI is InChI=1S/C16H26/c1-6-10-13-15(11-7-2)16(12-8-3)14(5)9-4/h7-8,11-12,14H,2-3,6,9-10,13H2,1,4-5H3/b15-11+,16-12+/t14-/m1/s1. The van der Waals surface area contributed by atoms with Crippen molar-refractivity contribution in [1.29, 1.82) is 0 Å². The van der Waals surface area contributed by atoms with E-state index in [0.717, 1.165) is 6.42 Å². The van der Waals surface area contributed by atoms with Crippen molar-refractivity contribution in [3.05, 3.63) is 48.6 Å². The lowest BCUT2D eigenvalue weighted by molar-refractivity contribution is 0.647. The Morgan fingerprint density at radius 3 is 2.19 bits per heavy atom. The third-order valence-electron chi connectivity index (χ3n) is 2.93. The van der Waals surface area contributed by atoms with E-state index in [-0.39, 0.29) is 0 Å². The van der Waals surface area contributed by atoms with Crippen molar-refractivity contribution in [1.82, 2.24) is 0 Å². The van der Waals surface area contributed by atoms with Crippen LogP contribution in [0.5, 0.6) is 0 Å². The van der Waals surface area contributed by atoms with Crippen LogP contribution < -0.4 is 0 Å². The molecule has 0 nitrogen and oxygen atoms in total. The third-order valence-corrected chi connectivity index (χ3v) is 2.93. The lowest BCUT2D eigenvalue weighted by Crippen LogP contribution is -2.01. The predicted molar refractivity (Wildman–Crippen MR) is 75.5 cm³/mol. The van der Waals surface area contributed by atoms with Gasteiger partial charge in [0.05, 0.1) is 0 Å². The van der Waals surface area contributed by atoms with Gasteiger partial charge < -0.3 is 0 Å². The van der Waals surface area contributed by atoms with Crippen LogP contribution in [0.2, 0.25) is 0 Å². The molecule has 0 rings (SSSR count). The van der Waals surface area contributed by atoms with Gasteiger partial charge in [-0.1, -0.05) is 64.7 Å². The van der Waals surface area contributed by atoms with Crippen LogP contribution in [0.4, 0.5) is 0 Å². The van der Waals surface area contributed by atoms with Crippen LogP contribution in [0.15, 0.2) is 48.6 Å². The lowest BCUT2D eigenvalue weighted by atomic mass is 9.88. The third kappa shape index (κ3) is 5.16. The zero-order valence-electron chi connectivity index (χ0n) is 11.1. The topological polar surface area (TPSA) is 0 Å². The fraction of sp³-hybridized carbons (Fsp3) is 0.500. The predicted octanol–water partition coefficient (Wildman–Crippen LogP) is 5.45. The van der Waals surface area contributed by atoms with Gasteiger partial charge in [-0.2, -0.15) is 0 Å². The van der Waals surface area contributed by atoms with Crippen molar-refractivity contribution in [2.45, 2.75) is 46.5 Å². The second kappa shape index (κ2) is 9.21. The van der Waals surface area contributed by atoms with Crippen molar-refractivity contribution in [2.24, 2.45) is 5.92 Å². The van der Waals surface area contributed by atoms with Gasteiger partial charge in [-0.15, -0.1) is 0 Å². The summed E-state index contributed by atoms with van der Waals surface area (Å²) >= 11 is 0. The first-order chi connectivity index (χ1) is 7.71. The molecule has 0 heteroatoms. The first-order valence-electron chi connectivity index (χ1n) is 6.35. The zero-order chi connectivity index (χ0) is 12.4. The highest BCUT2D eigenvalue weighted by Crippen LogP contribution is 2.26. The second-order valence-electron chi connectivity index (χ2n) is 4.20. The molecule has 0 amide bonds. The van der Waals surface area contributed by atoms with Gasteiger partial charge >= 0.3 is 0 Å². The lowest BCUT2D eigenvalue weighted by Gasteiger charge is -2.17. The molecule has 0 aromatic rings. The van der Waals surface area contributed by atoms with Crippen LogP contribution in [0.25, 0.3) is 0 Å². The van der Waals surface area contributed by atoms with Crippen molar-refractivity contribution >= 4 is 0 Å². The van der Waals surface area contributed by atoms with Gasteiger partial charge in [0.15, 0.2) is 0 Å². The molecule has 0 spiro atoms. The maximum absolute atomic E-state index is 3.81. The van der Waals surface area contributed by atoms with Gasteiger partial charge in [-0.3, -0.25) is 0 Å². The molecule has 0 aliphatic heterocycles. The summed E-state index contributed by atoms with van der Waals surface area (Å²) in [6.45, 7) is 14.4. The molecule has 0 saturated heterocycles. The maximum Gasteiger partial charge on any atom is -0.0190 e. The highest BCUT2D eigenvalue weighted by atomic mass is 14.1. The molecule has 0 saturated carbocycles. The minimum atomic E-state index is 0.598. The van der Waals surface area contributed by atoms with Crippen molar-refractivity contribution in [3.63, 3.8) is 0 Å². The highest BCUT2D eigenvalue weighted by Gasteiger charge is 2.10. The van der Waals surface area contributed by atoms with Gasteiger partial charge in [-0.05, 0) is 36.3 Å². The number of rotatable bonds is 8. The maximum atomic E-state index is 3.81. The quantitative estimate of drug-likeness (QED) is 0.475. The Kier molecular flexibility index (Phi) is 8.61. The molecule has 16 heavy (non-hydrogen) atoms. The largest absolute Gasteiger partial charge is 0.0991 e. The molecule has 0 unspecified atom stereocenters. The zero-order valence-corrected chi connectivity index (χ0v) is 11.1. The molecule has 0 bridgehead atoms. The Morgan fingerprint density at radius 1 is 1.12 bits per heavy atom. The number of hydrogen-bond donors (Lipinski definition) is 0. The average molecular weight is 218 g/mol. The molecule has 0 aromatic carbocycles. The molecule has 0 radical (unpaired) electrons. The highest BCUT2D eigenvalue weighted by molar-refractivity contribution is 5.37. The molecule has 0 aliphatic rings. The van der Waals surface area contributed by atoms with Crippen LogP contribution >= 0.6 is 0 Å². The molecule has 0 aliphatic carbocycles. The van der Waals surface area contributed by atoms with Gasteiger partial charge in [0.1, 0.15) is 0 Å². The molecule has 0 aromatic heterocycles. The Balaban J connectivity index is 4.95. The molecule has 0 N–H and O–H groups in total. The van der Waals surface area contributed by atoms with E-state index in [1.807, 2.05) is 12.2 Å². The molecule has 0 heterocycles. The number of allylic oxidation sites excluding steroid dienone is 6. The smallest absolute Gasteiger partial charge is 0.0190 e. The summed E-state index contributed by atoms with van der Waals surface area (Å²) in [6.07, 6.45) is 12.9. The second-order valence-corrected chi connectivity index (χ2v) is 4.20. The monoisotopic (exact) mass is 218 g/mol. The Bertz CT molecular complexity index is 266. The van der Waals surface area contributed by atoms with Crippen LogP contribution in [0.1, 0.15) is 46.5 Å². The molecular formula is C16H26. The van der Waals surface area contributed by atoms with Gasteiger partial charge in [0, 0.05) is 0 Å². The van der Waals surface area contributed by atoms with Crippen LogP contribution in [-0.4, -0.2) is 0 Å². The summed E-state index contributed by atoms with van der Waals surface area (Å²) in [5, 5.41) is 0. The summed E-state index contributed by atoms with van der Waals surface area (Å²) in [7, 11) is 0. The average Bonchev–Trinajstić information content (AvgIpc) is 2.31. The summed E-state index contributed by atoms with van der Waals surface area (Å²) in [5.74, 6) is 0.598.